The van der Waals surface area contributed by atoms with Gasteiger partial charge in [0.25, 0.3) is 0 Å². The van der Waals surface area contributed by atoms with E-state index in [1.807, 2.05) is 13.1 Å². The lowest BCUT2D eigenvalue weighted by molar-refractivity contribution is 0.103. The third-order valence-electron chi connectivity index (χ3n) is 6.15. The van der Waals surface area contributed by atoms with Crippen molar-refractivity contribution in [1.82, 2.24) is 20.3 Å². The molecule has 3 aliphatic rings. The summed E-state index contributed by atoms with van der Waals surface area (Å²) >= 11 is 0. The molecule has 0 unspecified atom stereocenters. The monoisotopic (exact) mass is 459 g/mol. The zero-order valence-corrected chi connectivity index (χ0v) is 17.4. The highest BCUT2D eigenvalue weighted by Crippen LogP contribution is 2.56. The van der Waals surface area contributed by atoms with E-state index in [9.17, 15) is 0 Å². The number of nitrogens with one attached hydrogen (secondary N) is 1. The van der Waals surface area contributed by atoms with Gasteiger partial charge in [0.05, 0.1) is 5.69 Å². The van der Waals surface area contributed by atoms with Crippen LogP contribution in [0.5, 0.6) is 0 Å². The second-order valence-corrected chi connectivity index (χ2v) is 7.64. The Labute approximate surface area is 167 Å². The third-order valence-corrected chi connectivity index (χ3v) is 6.15. The first-order valence-electron chi connectivity index (χ1n) is 9.36. The summed E-state index contributed by atoms with van der Waals surface area (Å²) in [7, 11) is 1.91. The maximum absolute atomic E-state index is 4.92. The van der Waals surface area contributed by atoms with Crippen LogP contribution < -0.4 is 5.32 Å². The molecule has 2 aliphatic carbocycles. The van der Waals surface area contributed by atoms with Gasteiger partial charge in [-0.3, -0.25) is 9.89 Å². The van der Waals surface area contributed by atoms with E-state index < -0.39 is 0 Å². The average molecular weight is 459 g/mol. The molecule has 2 saturated carbocycles. The number of aromatic nitrogens is 1. The van der Waals surface area contributed by atoms with Crippen molar-refractivity contribution in [3.8, 4) is 0 Å². The molecule has 0 aromatic carbocycles. The summed E-state index contributed by atoms with van der Waals surface area (Å²) in [5.41, 5.74) is 1.60. The number of halogens is 1. The third kappa shape index (κ3) is 4.30. The summed E-state index contributed by atoms with van der Waals surface area (Å²) in [4.78, 5) is 9.37. The maximum atomic E-state index is 4.92. The molecule has 25 heavy (non-hydrogen) atoms. The first-order valence-corrected chi connectivity index (χ1v) is 9.36. The number of rotatable bonds is 5. The van der Waals surface area contributed by atoms with E-state index in [0.717, 1.165) is 56.8 Å². The van der Waals surface area contributed by atoms with Gasteiger partial charge in [0, 0.05) is 52.4 Å². The number of guanidine groups is 1. The van der Waals surface area contributed by atoms with E-state index in [1.54, 1.807) is 6.26 Å². The molecule has 6 nitrogen and oxygen atoms in total. The van der Waals surface area contributed by atoms with E-state index in [-0.39, 0.29) is 24.0 Å². The van der Waals surface area contributed by atoms with Gasteiger partial charge in [-0.05, 0) is 37.0 Å². The molecule has 140 valence electrons. The second kappa shape index (κ2) is 8.24. The second-order valence-electron chi connectivity index (χ2n) is 7.64. The summed E-state index contributed by atoms with van der Waals surface area (Å²) < 4.78 is 4.92. The highest BCUT2D eigenvalue weighted by molar-refractivity contribution is 14.0. The van der Waals surface area contributed by atoms with Crippen molar-refractivity contribution in [3.63, 3.8) is 0 Å². The van der Waals surface area contributed by atoms with E-state index >= 15 is 0 Å². The quantitative estimate of drug-likeness (QED) is 0.417. The number of aliphatic imine (C=N–C) groups is 1. The molecule has 0 bridgehead atoms. The van der Waals surface area contributed by atoms with Crippen molar-refractivity contribution in [1.29, 1.82) is 0 Å². The number of nitrogens with zero attached hydrogens (tertiary/aromatic N) is 4. The van der Waals surface area contributed by atoms with E-state index in [2.05, 4.69) is 25.3 Å². The van der Waals surface area contributed by atoms with E-state index in [0.29, 0.717) is 5.41 Å². The van der Waals surface area contributed by atoms with Crippen molar-refractivity contribution >= 4 is 29.9 Å². The topological polar surface area (TPSA) is 56.9 Å². The molecular weight excluding hydrogens is 429 g/mol. The molecule has 3 fully saturated rings. The number of hydrogen-bond donors (Lipinski definition) is 1. The lowest BCUT2D eigenvalue weighted by Gasteiger charge is -2.44. The molecular formula is C18H30IN5O. The molecule has 0 radical (unpaired) electrons. The molecule has 0 spiro atoms. The molecule has 0 amide bonds. The van der Waals surface area contributed by atoms with Crippen LogP contribution in [0.3, 0.4) is 0 Å². The standard InChI is InChI=1S/C18H29N5O.HI/c1-19-17(20-14-18(6-2-7-18)15-3-4-15)23-10-8-22(9-11-23)13-16-5-12-24-21-16;/h5,12,15H,2-4,6-11,13-14H2,1H3,(H,19,20);1H. The Morgan fingerprint density at radius 3 is 2.60 bits per heavy atom. The normalized spacial score (nSPS) is 23.7. The minimum Gasteiger partial charge on any atom is -0.364 e. The van der Waals surface area contributed by atoms with Crippen LogP contribution in [0.25, 0.3) is 0 Å². The van der Waals surface area contributed by atoms with Crippen LogP contribution in [0.4, 0.5) is 0 Å². The Hall–Kier alpha value is -0.830. The zero-order valence-electron chi connectivity index (χ0n) is 15.1. The maximum Gasteiger partial charge on any atom is 0.193 e. The molecule has 1 saturated heterocycles. The molecule has 0 atom stereocenters. The Balaban J connectivity index is 0.00000182. The van der Waals surface area contributed by atoms with Crippen molar-refractivity contribution < 1.29 is 4.52 Å². The van der Waals surface area contributed by atoms with Gasteiger partial charge in [0.15, 0.2) is 5.96 Å². The van der Waals surface area contributed by atoms with Gasteiger partial charge < -0.3 is 14.7 Å². The van der Waals surface area contributed by atoms with Gasteiger partial charge in [-0.15, -0.1) is 24.0 Å². The Morgan fingerprint density at radius 1 is 1.32 bits per heavy atom. The van der Waals surface area contributed by atoms with Crippen molar-refractivity contribution in [2.24, 2.45) is 16.3 Å². The van der Waals surface area contributed by atoms with E-state index in [4.69, 9.17) is 4.52 Å². The zero-order chi connectivity index (χ0) is 16.4. The highest BCUT2D eigenvalue weighted by atomic mass is 127. The predicted octanol–water partition coefficient (Wildman–Crippen LogP) is 2.57. The fraction of sp³-hybridized carbons (Fsp3) is 0.778. The Morgan fingerprint density at radius 2 is 2.08 bits per heavy atom. The molecule has 1 aromatic heterocycles. The van der Waals surface area contributed by atoms with E-state index in [1.165, 1.54) is 32.1 Å². The van der Waals surface area contributed by atoms with Crippen LogP contribution in [0.15, 0.2) is 21.8 Å². The number of piperazine rings is 1. The molecule has 1 N–H and O–H groups in total. The van der Waals surface area contributed by atoms with Gasteiger partial charge in [-0.2, -0.15) is 0 Å². The average Bonchev–Trinajstić information content (AvgIpc) is 3.29. The molecule has 2 heterocycles. The van der Waals surface area contributed by atoms with Gasteiger partial charge >= 0.3 is 0 Å². The molecule has 1 aliphatic heterocycles. The fourth-order valence-corrected chi connectivity index (χ4v) is 4.31. The van der Waals surface area contributed by atoms with Crippen LogP contribution >= 0.6 is 24.0 Å². The van der Waals surface area contributed by atoms with Gasteiger partial charge in [0.2, 0.25) is 0 Å². The largest absolute Gasteiger partial charge is 0.364 e. The van der Waals surface area contributed by atoms with Gasteiger partial charge in [-0.25, -0.2) is 0 Å². The summed E-state index contributed by atoms with van der Waals surface area (Å²) in [5, 5.41) is 7.70. The lowest BCUT2D eigenvalue weighted by atomic mass is 9.65. The smallest absolute Gasteiger partial charge is 0.193 e. The van der Waals surface area contributed by atoms with Crippen LogP contribution in [-0.4, -0.2) is 60.7 Å². The SMILES string of the molecule is CN=C(NCC1(C2CC2)CCC1)N1CCN(Cc2ccon2)CC1.I. The fourth-order valence-electron chi connectivity index (χ4n) is 4.31. The predicted molar refractivity (Wildman–Crippen MR) is 109 cm³/mol. The summed E-state index contributed by atoms with van der Waals surface area (Å²) in [5.74, 6) is 2.07. The molecule has 7 heteroatoms. The highest BCUT2D eigenvalue weighted by Gasteiger charge is 2.48. The van der Waals surface area contributed by atoms with Crippen LogP contribution in [0.2, 0.25) is 0 Å². The van der Waals surface area contributed by atoms with Crippen molar-refractivity contribution in [2.75, 3.05) is 39.8 Å². The van der Waals surface area contributed by atoms with Crippen LogP contribution in [0.1, 0.15) is 37.8 Å². The summed E-state index contributed by atoms with van der Waals surface area (Å²) in [6.45, 7) is 6.12. The minimum absolute atomic E-state index is 0. The van der Waals surface area contributed by atoms with Crippen LogP contribution in [0, 0.1) is 11.3 Å². The summed E-state index contributed by atoms with van der Waals surface area (Å²) in [6.07, 6.45) is 8.77. The molecule has 4 rings (SSSR count). The van der Waals surface area contributed by atoms with Gasteiger partial charge in [-0.1, -0.05) is 11.6 Å². The summed E-state index contributed by atoms with van der Waals surface area (Å²) in [6, 6.07) is 1.95. The van der Waals surface area contributed by atoms with Crippen molar-refractivity contribution in [2.45, 2.75) is 38.6 Å². The first-order chi connectivity index (χ1) is 11.8. The van der Waals surface area contributed by atoms with Crippen LogP contribution in [-0.2, 0) is 6.54 Å². The van der Waals surface area contributed by atoms with Crippen molar-refractivity contribution in [3.05, 3.63) is 18.0 Å². The van der Waals surface area contributed by atoms with Gasteiger partial charge in [0.1, 0.15) is 6.26 Å². The lowest BCUT2D eigenvalue weighted by Crippen LogP contribution is -2.54. The first kappa shape index (κ1) is 18.9. The molecule has 1 aromatic rings. The Kier molecular flexibility index (Phi) is 6.25. The Bertz CT molecular complexity index is 560. The minimum atomic E-state index is 0. The number of hydrogen-bond acceptors (Lipinski definition) is 4.